The van der Waals surface area contributed by atoms with Gasteiger partial charge in [0.15, 0.2) is 5.13 Å². The van der Waals surface area contributed by atoms with Crippen molar-refractivity contribution in [3.8, 4) is 0 Å². The van der Waals surface area contributed by atoms with Crippen molar-refractivity contribution in [2.45, 2.75) is 51.1 Å². The van der Waals surface area contributed by atoms with E-state index < -0.39 is 0 Å². The number of benzene rings is 1. The maximum absolute atomic E-state index is 13.2. The van der Waals surface area contributed by atoms with E-state index in [-0.39, 0.29) is 36.2 Å². The van der Waals surface area contributed by atoms with Crippen LogP contribution in [0.25, 0.3) is 0 Å². The van der Waals surface area contributed by atoms with E-state index in [0.29, 0.717) is 36.2 Å². The first kappa shape index (κ1) is 22.2. The normalized spacial score (nSPS) is 20.8. The predicted octanol–water partition coefficient (Wildman–Crippen LogP) is 3.80. The number of rotatable bonds is 4. The fraction of sp³-hybridized carbons (Fsp3) is 0.478. The molecule has 1 aromatic carbocycles. The Hall–Kier alpha value is -2.65. The van der Waals surface area contributed by atoms with Gasteiger partial charge in [-0.25, -0.2) is 9.78 Å². The van der Waals surface area contributed by atoms with Crippen LogP contribution in [0.3, 0.4) is 0 Å². The molecule has 2 N–H and O–H groups in total. The quantitative estimate of drug-likeness (QED) is 0.685. The number of carbonyl (C=O) groups is 3. The Morgan fingerprint density at radius 3 is 2.67 bits per heavy atom. The summed E-state index contributed by atoms with van der Waals surface area (Å²) >= 11 is 7.37. The van der Waals surface area contributed by atoms with Crippen LogP contribution in [-0.2, 0) is 22.6 Å². The number of hydrogen-bond acceptors (Lipinski definition) is 5. The van der Waals surface area contributed by atoms with Crippen molar-refractivity contribution in [3.05, 3.63) is 39.9 Å². The lowest BCUT2D eigenvalue weighted by atomic mass is 10.1. The maximum atomic E-state index is 13.2. The molecule has 4 amide bonds. The number of nitrogens with one attached hydrogen (secondary N) is 2. The van der Waals surface area contributed by atoms with E-state index in [0.717, 1.165) is 41.9 Å². The maximum Gasteiger partial charge on any atom is 0.321 e. The number of nitrogens with zero attached hydrogens (tertiary/aromatic N) is 3. The van der Waals surface area contributed by atoms with E-state index in [1.165, 1.54) is 11.3 Å². The zero-order chi connectivity index (χ0) is 22.9. The molecule has 0 bridgehead atoms. The molecular weight excluding hydrogens is 462 g/mol. The number of urea groups is 1. The van der Waals surface area contributed by atoms with Crippen LogP contribution in [0.5, 0.6) is 0 Å². The van der Waals surface area contributed by atoms with Gasteiger partial charge in [0, 0.05) is 47.6 Å². The summed E-state index contributed by atoms with van der Waals surface area (Å²) in [5.74, 6) is -0.421. The number of hydrogen-bond donors (Lipinski definition) is 2. The first-order valence-corrected chi connectivity index (χ1v) is 12.6. The van der Waals surface area contributed by atoms with Crippen molar-refractivity contribution in [3.63, 3.8) is 0 Å². The van der Waals surface area contributed by atoms with Gasteiger partial charge in [-0.2, -0.15) is 0 Å². The largest absolute Gasteiger partial charge is 0.337 e. The monoisotopic (exact) mass is 487 g/mol. The van der Waals surface area contributed by atoms with Crippen LogP contribution in [0, 0.1) is 5.92 Å². The molecule has 10 heteroatoms. The molecule has 0 spiro atoms. The molecule has 5 rings (SSSR count). The summed E-state index contributed by atoms with van der Waals surface area (Å²) in [6.07, 6.45) is 5.22. The van der Waals surface area contributed by atoms with E-state index >= 15 is 0 Å². The highest BCUT2D eigenvalue weighted by molar-refractivity contribution is 7.15. The van der Waals surface area contributed by atoms with Gasteiger partial charge in [0.25, 0.3) is 0 Å². The van der Waals surface area contributed by atoms with Gasteiger partial charge in [-0.05, 0) is 37.1 Å². The van der Waals surface area contributed by atoms with Crippen LogP contribution in [-0.4, -0.2) is 46.9 Å². The molecule has 3 aliphatic rings. The van der Waals surface area contributed by atoms with Gasteiger partial charge in [0.1, 0.15) is 0 Å². The zero-order valence-corrected chi connectivity index (χ0v) is 19.8. The molecule has 1 aliphatic carbocycles. The van der Waals surface area contributed by atoms with Crippen LogP contribution in [0.15, 0.2) is 24.3 Å². The number of aromatic nitrogens is 1. The molecule has 2 aliphatic heterocycles. The molecule has 33 heavy (non-hydrogen) atoms. The topological polar surface area (TPSA) is 94.6 Å². The molecule has 2 aromatic rings. The van der Waals surface area contributed by atoms with E-state index in [2.05, 4.69) is 15.6 Å². The zero-order valence-electron chi connectivity index (χ0n) is 18.2. The average Bonchev–Trinajstić information content (AvgIpc) is 3.53. The highest BCUT2D eigenvalue weighted by Crippen LogP contribution is 2.32. The minimum absolute atomic E-state index is 0.00708. The number of amides is 4. The second-order valence-electron chi connectivity index (χ2n) is 8.86. The van der Waals surface area contributed by atoms with Gasteiger partial charge in [-0.15, -0.1) is 0 Å². The van der Waals surface area contributed by atoms with Crippen LogP contribution < -0.4 is 15.5 Å². The van der Waals surface area contributed by atoms with Gasteiger partial charge in [-0.1, -0.05) is 35.8 Å². The van der Waals surface area contributed by atoms with Gasteiger partial charge in [0.2, 0.25) is 11.8 Å². The second kappa shape index (κ2) is 9.30. The molecule has 0 radical (unpaired) electrons. The fourth-order valence-corrected chi connectivity index (χ4v) is 5.97. The van der Waals surface area contributed by atoms with Crippen molar-refractivity contribution < 1.29 is 14.4 Å². The summed E-state index contributed by atoms with van der Waals surface area (Å²) in [6, 6.07) is 7.12. The van der Waals surface area contributed by atoms with Crippen molar-refractivity contribution in [1.82, 2.24) is 15.2 Å². The Kier molecular flexibility index (Phi) is 6.25. The summed E-state index contributed by atoms with van der Waals surface area (Å²) in [4.78, 5) is 47.0. The summed E-state index contributed by atoms with van der Waals surface area (Å²) in [5.41, 5.74) is 1.69. The first-order chi connectivity index (χ1) is 16.0. The summed E-state index contributed by atoms with van der Waals surface area (Å²) < 4.78 is 0. The lowest BCUT2D eigenvalue weighted by Gasteiger charge is -2.28. The molecular formula is C23H26ClN5O3S. The first-order valence-electron chi connectivity index (χ1n) is 11.4. The van der Waals surface area contributed by atoms with Gasteiger partial charge in [-0.3, -0.25) is 14.9 Å². The number of anilines is 2. The van der Waals surface area contributed by atoms with Crippen molar-refractivity contribution in [2.75, 3.05) is 23.3 Å². The smallest absolute Gasteiger partial charge is 0.321 e. The summed E-state index contributed by atoms with van der Waals surface area (Å²) in [6.45, 7) is 1.40. The van der Waals surface area contributed by atoms with Gasteiger partial charge < -0.3 is 15.1 Å². The van der Waals surface area contributed by atoms with Gasteiger partial charge in [0.05, 0.1) is 18.2 Å². The Bertz CT molecular complexity index is 1070. The highest BCUT2D eigenvalue weighted by atomic mass is 35.5. The van der Waals surface area contributed by atoms with Crippen molar-refractivity contribution in [1.29, 1.82) is 0 Å². The number of carbonyl (C=O) groups excluding carboxylic acids is 3. The van der Waals surface area contributed by atoms with E-state index in [4.69, 9.17) is 11.6 Å². The Morgan fingerprint density at radius 2 is 1.91 bits per heavy atom. The minimum Gasteiger partial charge on any atom is -0.337 e. The fourth-order valence-electron chi connectivity index (χ4n) is 4.83. The molecule has 1 saturated carbocycles. The summed E-state index contributed by atoms with van der Waals surface area (Å²) in [5, 5.41) is 7.03. The predicted molar refractivity (Wildman–Crippen MR) is 128 cm³/mol. The summed E-state index contributed by atoms with van der Waals surface area (Å²) in [7, 11) is 0. The van der Waals surface area contributed by atoms with E-state index in [1.54, 1.807) is 29.2 Å². The molecule has 1 aromatic heterocycles. The van der Waals surface area contributed by atoms with Crippen molar-refractivity contribution in [2.24, 2.45) is 5.92 Å². The standard InChI is InChI=1S/C23H26ClN5O3S/c24-15-5-7-17(8-6-15)29-12-14(11-20(29)30)21(31)28-10-9-18-19(13-28)33-23(26-18)27-22(32)25-16-3-1-2-4-16/h5-8,14,16H,1-4,9-13H2,(H2,25,26,27,32). The van der Waals surface area contributed by atoms with Gasteiger partial charge >= 0.3 is 6.03 Å². The third-order valence-electron chi connectivity index (χ3n) is 6.57. The molecule has 1 atom stereocenters. The lowest BCUT2D eigenvalue weighted by Crippen LogP contribution is -2.40. The molecule has 2 fully saturated rings. The third-order valence-corrected chi connectivity index (χ3v) is 7.82. The Balaban J connectivity index is 1.19. The van der Waals surface area contributed by atoms with Crippen molar-refractivity contribution >= 4 is 51.6 Å². The molecule has 3 heterocycles. The van der Waals surface area contributed by atoms with E-state index in [1.807, 2.05) is 4.90 Å². The molecule has 1 unspecified atom stereocenters. The number of thiazole rings is 1. The van der Waals surface area contributed by atoms with Crippen LogP contribution in [0.2, 0.25) is 5.02 Å². The molecule has 174 valence electrons. The number of fused-ring (bicyclic) bond motifs is 1. The third kappa shape index (κ3) is 4.84. The van der Waals surface area contributed by atoms with Crippen LogP contribution in [0.1, 0.15) is 42.7 Å². The molecule has 1 saturated heterocycles. The van der Waals surface area contributed by atoms with E-state index in [9.17, 15) is 14.4 Å². The molecule has 8 nitrogen and oxygen atoms in total. The SMILES string of the molecule is O=C(Nc1nc2c(s1)CN(C(=O)C1CC(=O)N(c3ccc(Cl)cc3)C1)CC2)NC1CCCC1. The Morgan fingerprint density at radius 1 is 1.15 bits per heavy atom. The Labute approximate surface area is 201 Å². The lowest BCUT2D eigenvalue weighted by molar-refractivity contribution is -0.136. The van der Waals surface area contributed by atoms with Crippen LogP contribution in [0.4, 0.5) is 15.6 Å². The highest BCUT2D eigenvalue weighted by Gasteiger charge is 2.38. The van der Waals surface area contributed by atoms with Crippen LogP contribution >= 0.6 is 22.9 Å². The minimum atomic E-state index is -0.363. The average molecular weight is 488 g/mol. The number of halogens is 1. The second-order valence-corrected chi connectivity index (χ2v) is 10.4.